The Morgan fingerprint density at radius 2 is 1.86 bits per heavy atom. The molecule has 0 saturated carbocycles. The highest BCUT2D eigenvalue weighted by molar-refractivity contribution is 7.92. The third-order valence-electron chi connectivity index (χ3n) is 3.28. The quantitative estimate of drug-likeness (QED) is 0.788. The van der Waals surface area contributed by atoms with Crippen molar-refractivity contribution < 1.29 is 8.42 Å². The molecule has 4 nitrogen and oxygen atoms in total. The summed E-state index contributed by atoms with van der Waals surface area (Å²) in [6.45, 7) is 1.76. The van der Waals surface area contributed by atoms with Gasteiger partial charge < -0.3 is 0 Å². The van der Waals surface area contributed by atoms with E-state index >= 15 is 0 Å². The van der Waals surface area contributed by atoms with E-state index in [1.54, 1.807) is 25.1 Å². The molecule has 0 unspecified atom stereocenters. The average molecular weight is 333 g/mol. The van der Waals surface area contributed by atoms with Crippen LogP contribution in [0.1, 0.15) is 5.56 Å². The molecule has 1 N–H and O–H groups in total. The molecule has 1 heterocycles. The number of nitrogens with zero attached hydrogens (tertiary/aromatic N) is 1. The van der Waals surface area contributed by atoms with Crippen LogP contribution in [0.5, 0.6) is 0 Å². The zero-order chi connectivity index (χ0) is 15.7. The van der Waals surface area contributed by atoms with Crippen LogP contribution >= 0.6 is 11.6 Å². The van der Waals surface area contributed by atoms with E-state index in [1.807, 2.05) is 24.3 Å². The Kier molecular flexibility index (Phi) is 3.76. The van der Waals surface area contributed by atoms with Crippen LogP contribution < -0.4 is 4.72 Å². The maximum Gasteiger partial charge on any atom is 0.261 e. The van der Waals surface area contributed by atoms with Gasteiger partial charge in [0.15, 0.2) is 0 Å². The zero-order valence-electron chi connectivity index (χ0n) is 11.7. The number of nitrogens with one attached hydrogen (secondary N) is 1. The third-order valence-corrected chi connectivity index (χ3v) is 5.09. The van der Waals surface area contributed by atoms with Crippen molar-refractivity contribution in [3.05, 3.63) is 65.3 Å². The summed E-state index contributed by atoms with van der Waals surface area (Å²) in [5.41, 5.74) is 1.94. The molecule has 22 heavy (non-hydrogen) atoms. The molecule has 0 radical (unpaired) electrons. The predicted molar refractivity (Wildman–Crippen MR) is 88.7 cm³/mol. The third kappa shape index (κ3) is 2.91. The Labute approximate surface area is 133 Å². The van der Waals surface area contributed by atoms with E-state index in [-0.39, 0.29) is 4.90 Å². The number of para-hydroxylation sites is 1. The van der Waals surface area contributed by atoms with Crippen molar-refractivity contribution in [2.75, 3.05) is 4.72 Å². The number of hydrogen-bond donors (Lipinski definition) is 1. The molecule has 0 aliphatic heterocycles. The lowest BCUT2D eigenvalue weighted by Gasteiger charge is -2.09. The van der Waals surface area contributed by atoms with E-state index in [4.69, 9.17) is 11.6 Å². The maximum atomic E-state index is 12.4. The topological polar surface area (TPSA) is 59.1 Å². The van der Waals surface area contributed by atoms with Crippen molar-refractivity contribution >= 4 is 38.2 Å². The van der Waals surface area contributed by atoms with Crippen molar-refractivity contribution in [3.8, 4) is 0 Å². The minimum atomic E-state index is -3.67. The van der Waals surface area contributed by atoms with Gasteiger partial charge in [-0.1, -0.05) is 29.8 Å². The molecule has 0 bridgehead atoms. The summed E-state index contributed by atoms with van der Waals surface area (Å²) in [4.78, 5) is 4.41. The Balaban J connectivity index is 1.97. The lowest BCUT2D eigenvalue weighted by atomic mass is 10.2. The lowest BCUT2D eigenvalue weighted by molar-refractivity contribution is 0.601. The molecule has 0 aliphatic carbocycles. The van der Waals surface area contributed by atoms with Gasteiger partial charge in [0.1, 0.15) is 0 Å². The van der Waals surface area contributed by atoms with Gasteiger partial charge >= 0.3 is 0 Å². The molecule has 3 rings (SSSR count). The molecule has 0 saturated heterocycles. The summed E-state index contributed by atoms with van der Waals surface area (Å²) in [5.74, 6) is 0. The Morgan fingerprint density at radius 3 is 2.64 bits per heavy atom. The predicted octanol–water partition coefficient (Wildman–Crippen LogP) is 4.00. The minimum Gasteiger partial charge on any atom is -0.278 e. The molecule has 112 valence electrons. The zero-order valence-corrected chi connectivity index (χ0v) is 13.3. The van der Waals surface area contributed by atoms with Gasteiger partial charge in [0, 0.05) is 10.4 Å². The molecule has 0 atom stereocenters. The fourth-order valence-electron chi connectivity index (χ4n) is 2.13. The number of fused-ring (bicyclic) bond motifs is 1. The fourth-order valence-corrected chi connectivity index (χ4v) is 3.36. The molecule has 0 spiro atoms. The summed E-state index contributed by atoms with van der Waals surface area (Å²) >= 11 is 5.93. The van der Waals surface area contributed by atoms with E-state index in [0.29, 0.717) is 16.3 Å². The number of anilines is 1. The van der Waals surface area contributed by atoms with Gasteiger partial charge in [-0.3, -0.25) is 9.71 Å². The van der Waals surface area contributed by atoms with Crippen LogP contribution in [0.3, 0.4) is 0 Å². The molecule has 0 fully saturated rings. The lowest BCUT2D eigenvalue weighted by Crippen LogP contribution is -2.13. The van der Waals surface area contributed by atoms with Gasteiger partial charge in [-0.2, -0.15) is 0 Å². The first-order valence-corrected chi connectivity index (χ1v) is 8.45. The number of hydrogen-bond acceptors (Lipinski definition) is 3. The van der Waals surface area contributed by atoms with E-state index in [0.717, 1.165) is 10.9 Å². The SMILES string of the molecule is Cc1cc(S(=O)(=O)Nc2cnc3ccccc3c2)ccc1Cl. The van der Waals surface area contributed by atoms with Crippen molar-refractivity contribution in [1.29, 1.82) is 0 Å². The molecular weight excluding hydrogens is 320 g/mol. The second-order valence-electron chi connectivity index (χ2n) is 4.93. The second kappa shape index (κ2) is 5.59. The number of aromatic nitrogens is 1. The van der Waals surface area contributed by atoms with Crippen LogP contribution in [0, 0.1) is 6.92 Å². The molecule has 0 aliphatic rings. The molecule has 0 amide bonds. The summed E-state index contributed by atoms with van der Waals surface area (Å²) in [7, 11) is -3.67. The van der Waals surface area contributed by atoms with Crippen LogP contribution in [0.25, 0.3) is 10.9 Å². The maximum absolute atomic E-state index is 12.4. The molecule has 1 aromatic heterocycles. The normalized spacial score (nSPS) is 11.5. The Bertz CT molecular complexity index is 955. The van der Waals surface area contributed by atoms with E-state index in [2.05, 4.69) is 9.71 Å². The largest absolute Gasteiger partial charge is 0.278 e. The fraction of sp³-hybridized carbons (Fsp3) is 0.0625. The minimum absolute atomic E-state index is 0.169. The molecule has 3 aromatic rings. The van der Waals surface area contributed by atoms with Crippen molar-refractivity contribution in [3.63, 3.8) is 0 Å². The number of pyridine rings is 1. The first-order chi connectivity index (χ1) is 10.5. The first kappa shape index (κ1) is 14.8. The van der Waals surface area contributed by atoms with Crippen molar-refractivity contribution in [2.45, 2.75) is 11.8 Å². The highest BCUT2D eigenvalue weighted by Gasteiger charge is 2.15. The van der Waals surface area contributed by atoms with Crippen molar-refractivity contribution in [1.82, 2.24) is 4.98 Å². The van der Waals surface area contributed by atoms with Crippen LogP contribution in [-0.2, 0) is 10.0 Å². The number of rotatable bonds is 3. The monoisotopic (exact) mass is 332 g/mol. The Hall–Kier alpha value is -2.11. The smallest absolute Gasteiger partial charge is 0.261 e. The number of benzene rings is 2. The van der Waals surface area contributed by atoms with Crippen LogP contribution in [0.15, 0.2) is 59.6 Å². The number of sulfonamides is 1. The van der Waals surface area contributed by atoms with Gasteiger partial charge in [0.05, 0.1) is 22.3 Å². The highest BCUT2D eigenvalue weighted by atomic mass is 35.5. The Morgan fingerprint density at radius 1 is 1.09 bits per heavy atom. The average Bonchev–Trinajstić information content (AvgIpc) is 2.49. The number of halogens is 1. The standard InChI is InChI=1S/C16H13ClN2O2S/c1-11-8-14(6-7-15(11)17)22(20,21)19-13-9-12-4-2-3-5-16(12)18-10-13/h2-10,19H,1H3. The van der Waals surface area contributed by atoms with Gasteiger partial charge in [0.25, 0.3) is 10.0 Å². The van der Waals surface area contributed by atoms with E-state index in [9.17, 15) is 8.42 Å². The molecular formula is C16H13ClN2O2S. The van der Waals surface area contributed by atoms with Gasteiger partial charge in [-0.05, 0) is 42.8 Å². The summed E-state index contributed by atoms with van der Waals surface area (Å²) in [6.07, 6.45) is 1.50. The number of aryl methyl sites for hydroxylation is 1. The van der Waals surface area contributed by atoms with Gasteiger partial charge in [-0.15, -0.1) is 0 Å². The highest BCUT2D eigenvalue weighted by Crippen LogP contribution is 2.23. The van der Waals surface area contributed by atoms with Crippen LogP contribution in [-0.4, -0.2) is 13.4 Å². The van der Waals surface area contributed by atoms with E-state index in [1.165, 1.54) is 12.3 Å². The second-order valence-corrected chi connectivity index (χ2v) is 7.02. The van der Waals surface area contributed by atoms with Crippen LogP contribution in [0.2, 0.25) is 5.02 Å². The van der Waals surface area contributed by atoms with E-state index < -0.39 is 10.0 Å². The first-order valence-electron chi connectivity index (χ1n) is 6.59. The summed E-state index contributed by atoms with van der Waals surface area (Å²) in [5, 5.41) is 1.40. The van der Waals surface area contributed by atoms with Crippen molar-refractivity contribution in [2.24, 2.45) is 0 Å². The van der Waals surface area contributed by atoms with Crippen LogP contribution in [0.4, 0.5) is 5.69 Å². The molecule has 6 heteroatoms. The van der Waals surface area contributed by atoms with Gasteiger partial charge in [0.2, 0.25) is 0 Å². The summed E-state index contributed by atoms with van der Waals surface area (Å²) in [6, 6.07) is 13.9. The summed E-state index contributed by atoms with van der Waals surface area (Å²) < 4.78 is 27.4. The van der Waals surface area contributed by atoms with Gasteiger partial charge in [-0.25, -0.2) is 8.42 Å². The molecule has 2 aromatic carbocycles.